The lowest BCUT2D eigenvalue weighted by Crippen LogP contribution is -2.66. The highest BCUT2D eigenvalue weighted by Crippen LogP contribution is 2.77. The summed E-state index contributed by atoms with van der Waals surface area (Å²) < 4.78 is 6.40. The van der Waals surface area contributed by atoms with E-state index in [1.165, 1.54) is 5.57 Å². The lowest BCUT2D eigenvalue weighted by Gasteiger charge is -2.72. The molecule has 3 N–H and O–H groups in total. The SMILES string of the molecule is CC(C)C1=C2[C@H]3CC[C@@H]4[C@@]5(C)CC[C@H](OC(=O)[C@H]6C[C@@H](C(=O)O)C6(C)C)C(C)(C)[C@@H]5CC[C@@]4(C)[C@]3(C)CC[C@@]2(CCNC(=O)c2ncc[nH]2)CC1=O. The van der Waals surface area contributed by atoms with Crippen LogP contribution in [0.3, 0.4) is 0 Å². The van der Waals surface area contributed by atoms with Gasteiger partial charge in [0.1, 0.15) is 6.10 Å². The van der Waals surface area contributed by atoms with Gasteiger partial charge >= 0.3 is 11.9 Å². The summed E-state index contributed by atoms with van der Waals surface area (Å²) in [5.74, 6) is -0.0531. The van der Waals surface area contributed by atoms with Gasteiger partial charge in [0.2, 0.25) is 0 Å². The number of ketones is 1. The van der Waals surface area contributed by atoms with Crippen molar-refractivity contribution in [3.05, 3.63) is 29.4 Å². The Labute approximate surface area is 310 Å². The third-order valence-electron chi connectivity index (χ3n) is 17.2. The van der Waals surface area contributed by atoms with Crippen molar-refractivity contribution in [2.45, 2.75) is 139 Å². The summed E-state index contributed by atoms with van der Waals surface area (Å²) in [5.41, 5.74) is 1.75. The molecular formula is C43H63N3O6. The minimum atomic E-state index is -0.828. The highest BCUT2D eigenvalue weighted by atomic mass is 16.5. The van der Waals surface area contributed by atoms with Crippen LogP contribution in [0.15, 0.2) is 23.5 Å². The van der Waals surface area contributed by atoms with Crippen molar-refractivity contribution in [1.29, 1.82) is 0 Å². The van der Waals surface area contributed by atoms with Crippen molar-refractivity contribution in [3.63, 3.8) is 0 Å². The highest BCUT2D eigenvalue weighted by molar-refractivity contribution is 6.00. The van der Waals surface area contributed by atoms with E-state index in [4.69, 9.17) is 4.74 Å². The average molecular weight is 718 g/mol. The van der Waals surface area contributed by atoms with Crippen LogP contribution in [-0.2, 0) is 19.1 Å². The molecule has 0 saturated heterocycles. The number of carbonyl (C=O) groups is 4. The molecule has 10 atom stereocenters. The molecule has 0 bridgehead atoms. The van der Waals surface area contributed by atoms with Crippen LogP contribution in [0.5, 0.6) is 0 Å². The molecular weight excluding hydrogens is 654 g/mol. The highest BCUT2D eigenvalue weighted by Gasteiger charge is 2.70. The summed E-state index contributed by atoms with van der Waals surface area (Å²) in [6.07, 6.45) is 13.1. The summed E-state index contributed by atoms with van der Waals surface area (Å²) in [7, 11) is 0. The smallest absolute Gasteiger partial charge is 0.309 e. The average Bonchev–Trinajstić information content (AvgIpc) is 3.69. The third kappa shape index (κ3) is 5.16. The van der Waals surface area contributed by atoms with Crippen LogP contribution in [0.4, 0.5) is 0 Å². The first-order chi connectivity index (χ1) is 24.2. The number of hydrogen-bond donors (Lipinski definition) is 3. The van der Waals surface area contributed by atoms with Crippen molar-refractivity contribution in [2.24, 2.45) is 68.0 Å². The molecule has 6 aliphatic carbocycles. The molecule has 0 spiro atoms. The Balaban J connectivity index is 1.12. The quantitative estimate of drug-likeness (QED) is 0.231. The Morgan fingerprint density at radius 3 is 2.29 bits per heavy atom. The van der Waals surface area contributed by atoms with Gasteiger partial charge in [0, 0.05) is 36.2 Å². The lowest BCUT2D eigenvalue weighted by molar-refractivity contribution is -0.236. The normalized spacial score (nSPS) is 41.6. The second-order valence-electron chi connectivity index (χ2n) is 20.2. The number of imidazole rings is 1. The summed E-state index contributed by atoms with van der Waals surface area (Å²) >= 11 is 0. The number of ether oxygens (including phenoxy) is 1. The number of hydrogen-bond acceptors (Lipinski definition) is 6. The Morgan fingerprint density at radius 2 is 1.65 bits per heavy atom. The van der Waals surface area contributed by atoms with E-state index in [0.717, 1.165) is 63.4 Å². The second-order valence-corrected chi connectivity index (χ2v) is 20.2. The fraction of sp³-hybridized carbons (Fsp3) is 0.791. The van der Waals surface area contributed by atoms with Gasteiger partial charge in [-0.05, 0) is 115 Å². The van der Waals surface area contributed by atoms with Crippen LogP contribution in [0, 0.1) is 68.0 Å². The molecule has 286 valence electrons. The van der Waals surface area contributed by atoms with Crippen molar-refractivity contribution >= 4 is 23.6 Å². The van der Waals surface area contributed by atoms with Gasteiger partial charge in [-0.2, -0.15) is 0 Å². The molecule has 52 heavy (non-hydrogen) atoms. The van der Waals surface area contributed by atoms with Crippen molar-refractivity contribution < 1.29 is 29.0 Å². The maximum Gasteiger partial charge on any atom is 0.309 e. The predicted molar refractivity (Wildman–Crippen MR) is 198 cm³/mol. The van der Waals surface area contributed by atoms with E-state index in [-0.39, 0.29) is 56.9 Å². The molecule has 0 aromatic carbocycles. The number of aromatic nitrogens is 2. The van der Waals surface area contributed by atoms with Gasteiger partial charge in [-0.3, -0.25) is 19.2 Å². The summed E-state index contributed by atoms with van der Waals surface area (Å²) in [6.45, 7) is 21.0. The van der Waals surface area contributed by atoms with Crippen LogP contribution in [0.1, 0.15) is 144 Å². The van der Waals surface area contributed by atoms with Crippen molar-refractivity contribution in [2.75, 3.05) is 6.54 Å². The van der Waals surface area contributed by atoms with E-state index >= 15 is 0 Å². The van der Waals surface area contributed by atoms with Gasteiger partial charge in [-0.1, -0.05) is 67.9 Å². The van der Waals surface area contributed by atoms with Gasteiger partial charge in [-0.25, -0.2) is 4.98 Å². The first-order valence-electron chi connectivity index (χ1n) is 20.2. The third-order valence-corrected chi connectivity index (χ3v) is 17.2. The fourth-order valence-corrected chi connectivity index (χ4v) is 14.1. The van der Waals surface area contributed by atoms with Gasteiger partial charge in [0.05, 0.1) is 11.8 Å². The molecule has 6 aliphatic rings. The van der Waals surface area contributed by atoms with E-state index in [0.29, 0.717) is 48.7 Å². The minimum Gasteiger partial charge on any atom is -0.481 e. The maximum atomic E-state index is 14.0. The number of aromatic amines is 1. The number of amides is 1. The molecule has 1 aromatic rings. The molecule has 9 heteroatoms. The predicted octanol–water partition coefficient (Wildman–Crippen LogP) is 8.17. The van der Waals surface area contributed by atoms with Crippen molar-refractivity contribution in [1.82, 2.24) is 15.3 Å². The summed E-state index contributed by atoms with van der Waals surface area (Å²) in [5, 5.41) is 12.7. The zero-order chi connectivity index (χ0) is 37.8. The van der Waals surface area contributed by atoms with Crippen LogP contribution >= 0.6 is 0 Å². The number of nitrogens with zero attached hydrogens (tertiary/aromatic N) is 1. The second kappa shape index (κ2) is 12.3. The van der Waals surface area contributed by atoms with Gasteiger partial charge in [0.15, 0.2) is 11.6 Å². The Bertz CT molecular complexity index is 1680. The van der Waals surface area contributed by atoms with E-state index in [1.807, 2.05) is 13.8 Å². The van der Waals surface area contributed by atoms with Gasteiger partial charge in [0.25, 0.3) is 5.91 Å². The number of carboxylic acid groups (broad SMARTS) is 1. The standard InChI is InChI=1S/C43H63N3O6/c1-24(2)32-28(47)23-43(18-19-46-35(48)34-44-20-21-45-34)17-16-41(8)25(33(32)43)10-11-30-40(7)14-13-31(39(5,6)29(40)12-15-42(30,41)9)52-37(51)27-22-26(36(49)50)38(27,3)4/h20-21,24-27,29-31H,10-19,22-23H2,1-9H3,(H,44,45)(H,46,48)(H,49,50)/t25-,26+,27-,29+,30-,31+,40+,41-,42-,43-/m1/s1. The number of carboxylic acids is 1. The van der Waals surface area contributed by atoms with E-state index in [2.05, 4.69) is 63.8 Å². The topological polar surface area (TPSA) is 138 Å². The molecule has 7 rings (SSSR count). The van der Waals surface area contributed by atoms with E-state index in [9.17, 15) is 24.3 Å². The summed E-state index contributed by atoms with van der Waals surface area (Å²) in [6, 6.07) is 0. The Hall–Kier alpha value is -2.97. The Morgan fingerprint density at radius 1 is 0.923 bits per heavy atom. The van der Waals surface area contributed by atoms with Crippen LogP contribution in [0.25, 0.3) is 0 Å². The zero-order valence-corrected chi connectivity index (χ0v) is 33.1. The molecule has 1 heterocycles. The first-order valence-corrected chi connectivity index (χ1v) is 20.2. The minimum absolute atomic E-state index is 0.0504. The number of fused-ring (bicyclic) bond motifs is 7. The lowest BCUT2D eigenvalue weighted by atomic mass is 9.33. The number of carbonyl (C=O) groups excluding carboxylic acids is 3. The zero-order valence-electron chi connectivity index (χ0n) is 33.1. The molecule has 1 amide bonds. The van der Waals surface area contributed by atoms with Gasteiger partial charge < -0.3 is 20.1 Å². The number of allylic oxidation sites excluding steroid dienone is 2. The number of rotatable bonds is 8. The number of nitrogens with one attached hydrogen (secondary N) is 2. The number of aliphatic carboxylic acids is 1. The van der Waals surface area contributed by atoms with E-state index < -0.39 is 17.3 Å². The summed E-state index contributed by atoms with van der Waals surface area (Å²) in [4.78, 5) is 59.1. The number of esters is 1. The fourth-order valence-electron chi connectivity index (χ4n) is 14.1. The monoisotopic (exact) mass is 717 g/mol. The number of H-pyrrole nitrogens is 1. The van der Waals surface area contributed by atoms with Crippen LogP contribution < -0.4 is 5.32 Å². The van der Waals surface area contributed by atoms with Crippen molar-refractivity contribution in [3.8, 4) is 0 Å². The van der Waals surface area contributed by atoms with Crippen LogP contribution in [-0.4, -0.2) is 51.4 Å². The molecule has 9 nitrogen and oxygen atoms in total. The maximum absolute atomic E-state index is 14.0. The molecule has 1 aromatic heterocycles. The molecule has 0 unspecified atom stereocenters. The van der Waals surface area contributed by atoms with E-state index in [1.54, 1.807) is 12.4 Å². The first kappa shape index (κ1) is 37.3. The number of Topliss-reactive ketones (excluding diaryl/α,β-unsaturated/α-hetero) is 1. The molecule has 0 aliphatic heterocycles. The molecule has 0 radical (unpaired) electrons. The van der Waals surface area contributed by atoms with Crippen LogP contribution in [0.2, 0.25) is 0 Å². The largest absolute Gasteiger partial charge is 0.481 e. The Kier molecular flexibility index (Phi) is 8.82. The van der Waals surface area contributed by atoms with Gasteiger partial charge in [-0.15, -0.1) is 0 Å². The molecule has 5 fully saturated rings. The molecule has 5 saturated carbocycles.